The Labute approximate surface area is 119 Å². The molecule has 8 nitrogen and oxygen atoms in total. The summed E-state index contributed by atoms with van der Waals surface area (Å²) in [5.41, 5.74) is 1.98. The number of hydrogen-bond acceptors (Lipinski definition) is 4. The fourth-order valence-corrected chi connectivity index (χ4v) is 3.12. The van der Waals surface area contributed by atoms with Crippen LogP contribution in [0.5, 0.6) is 0 Å². The number of aromatic amines is 1. The van der Waals surface area contributed by atoms with Crippen molar-refractivity contribution < 1.29 is 14.7 Å². The number of likely N-dealkylation sites (tertiary alicyclic amines) is 1. The number of nitrogens with zero attached hydrogens (tertiary/aromatic N) is 3. The molecule has 1 aliphatic carbocycles. The van der Waals surface area contributed by atoms with Crippen molar-refractivity contribution >= 4 is 23.0 Å². The maximum atomic E-state index is 12.2. The van der Waals surface area contributed by atoms with Crippen molar-refractivity contribution in [2.24, 2.45) is 11.8 Å². The van der Waals surface area contributed by atoms with Crippen LogP contribution in [0, 0.1) is 11.8 Å². The van der Waals surface area contributed by atoms with Crippen molar-refractivity contribution in [1.29, 1.82) is 0 Å². The fourth-order valence-electron chi connectivity index (χ4n) is 3.12. The first-order valence-electron chi connectivity index (χ1n) is 6.73. The molecule has 2 fully saturated rings. The Morgan fingerprint density at radius 1 is 1.33 bits per heavy atom. The number of rotatable bonds is 2. The highest BCUT2D eigenvalue weighted by atomic mass is 16.4. The Bertz CT molecular complexity index is 730. The van der Waals surface area contributed by atoms with Crippen LogP contribution in [0.1, 0.15) is 10.4 Å². The molecule has 0 spiro atoms. The van der Waals surface area contributed by atoms with Gasteiger partial charge in [-0.2, -0.15) is 0 Å². The largest absolute Gasteiger partial charge is 0.465 e. The van der Waals surface area contributed by atoms with Gasteiger partial charge < -0.3 is 15.3 Å². The van der Waals surface area contributed by atoms with E-state index in [2.05, 4.69) is 20.7 Å². The molecule has 108 valence electrons. The minimum absolute atomic E-state index is 0.0867. The molecule has 2 aromatic rings. The van der Waals surface area contributed by atoms with Crippen LogP contribution in [0.2, 0.25) is 0 Å². The summed E-state index contributed by atoms with van der Waals surface area (Å²) in [6, 6.07) is 5.26. The number of H-pyrrole nitrogens is 1. The van der Waals surface area contributed by atoms with Crippen molar-refractivity contribution in [3.8, 4) is 0 Å². The van der Waals surface area contributed by atoms with E-state index >= 15 is 0 Å². The summed E-state index contributed by atoms with van der Waals surface area (Å²) in [6.45, 7) is 1.02. The van der Waals surface area contributed by atoms with Gasteiger partial charge in [-0.1, -0.05) is 5.21 Å². The summed E-state index contributed by atoms with van der Waals surface area (Å²) in [5.74, 6) is 0.359. The Kier molecular flexibility index (Phi) is 2.41. The standard InChI is InChI=1S/C13H13N5O3/c19-12(6-1-2-9-10(3-6)16-17-15-9)14-11-7-4-18(13(20)21)5-8(7)11/h1-3,7-8,11H,4-5H2,(H,14,19)(H,20,21)(H,15,16,17)/t7-,8+,11?. The van der Waals surface area contributed by atoms with Gasteiger partial charge in [-0.3, -0.25) is 9.89 Å². The summed E-state index contributed by atoms with van der Waals surface area (Å²) in [4.78, 5) is 24.5. The highest BCUT2D eigenvalue weighted by Gasteiger charge is 2.57. The van der Waals surface area contributed by atoms with E-state index in [1.807, 2.05) is 0 Å². The molecule has 2 amide bonds. The molecule has 8 heteroatoms. The van der Waals surface area contributed by atoms with Crippen LogP contribution >= 0.6 is 0 Å². The third-order valence-corrected chi connectivity index (χ3v) is 4.35. The third-order valence-electron chi connectivity index (χ3n) is 4.35. The number of carboxylic acid groups (broad SMARTS) is 1. The second kappa shape index (κ2) is 4.18. The first-order chi connectivity index (χ1) is 10.1. The molecular weight excluding hydrogens is 274 g/mol. The number of hydrogen-bond donors (Lipinski definition) is 3. The van der Waals surface area contributed by atoms with Gasteiger partial charge >= 0.3 is 6.09 Å². The minimum Gasteiger partial charge on any atom is -0.465 e. The van der Waals surface area contributed by atoms with Gasteiger partial charge in [0.05, 0.1) is 5.52 Å². The lowest BCUT2D eigenvalue weighted by Gasteiger charge is -2.16. The zero-order valence-corrected chi connectivity index (χ0v) is 11.0. The molecule has 3 atom stereocenters. The minimum atomic E-state index is -0.885. The van der Waals surface area contributed by atoms with Crippen LogP contribution in [0.4, 0.5) is 4.79 Å². The summed E-state index contributed by atoms with van der Waals surface area (Å²) in [7, 11) is 0. The van der Waals surface area contributed by atoms with Gasteiger partial charge in [0.25, 0.3) is 5.91 Å². The van der Waals surface area contributed by atoms with Gasteiger partial charge in [-0.25, -0.2) is 4.79 Å². The van der Waals surface area contributed by atoms with Crippen molar-refractivity contribution in [1.82, 2.24) is 25.6 Å². The zero-order chi connectivity index (χ0) is 14.6. The summed E-state index contributed by atoms with van der Waals surface area (Å²) >= 11 is 0. The number of benzene rings is 1. The quantitative estimate of drug-likeness (QED) is 0.735. The van der Waals surface area contributed by atoms with Crippen molar-refractivity contribution in [3.63, 3.8) is 0 Å². The molecule has 1 unspecified atom stereocenters. The van der Waals surface area contributed by atoms with Gasteiger partial charge in [0, 0.05) is 36.5 Å². The highest BCUT2D eigenvalue weighted by Crippen LogP contribution is 2.45. The van der Waals surface area contributed by atoms with Gasteiger partial charge in [-0.05, 0) is 18.2 Å². The van der Waals surface area contributed by atoms with Crippen LogP contribution < -0.4 is 5.32 Å². The SMILES string of the molecule is O=C(NC1[C@H]2CN(C(=O)O)C[C@@H]12)c1ccc2nn[nH]c2c1. The lowest BCUT2D eigenvalue weighted by Crippen LogP contribution is -2.36. The predicted octanol–water partition coefficient (Wildman–Crippen LogP) is 0.296. The Hall–Kier alpha value is -2.64. The number of piperidine rings is 1. The smallest absolute Gasteiger partial charge is 0.407 e. The number of carbonyl (C=O) groups is 2. The average Bonchev–Trinajstić information content (AvgIpc) is 2.91. The lowest BCUT2D eigenvalue weighted by molar-refractivity contribution is 0.0943. The van der Waals surface area contributed by atoms with E-state index in [9.17, 15) is 9.59 Å². The van der Waals surface area contributed by atoms with Gasteiger partial charge in [0.2, 0.25) is 0 Å². The molecule has 1 saturated heterocycles. The summed E-state index contributed by atoms with van der Waals surface area (Å²) in [5, 5.41) is 22.1. The average molecular weight is 287 g/mol. The topological polar surface area (TPSA) is 111 Å². The van der Waals surface area contributed by atoms with E-state index in [1.54, 1.807) is 18.2 Å². The maximum Gasteiger partial charge on any atom is 0.407 e. The second-order valence-electron chi connectivity index (χ2n) is 5.56. The molecule has 1 aliphatic heterocycles. The maximum absolute atomic E-state index is 12.2. The Morgan fingerprint density at radius 2 is 2.10 bits per heavy atom. The normalized spacial score (nSPS) is 26.7. The van der Waals surface area contributed by atoms with Crippen LogP contribution in [-0.4, -0.2) is 56.5 Å². The van der Waals surface area contributed by atoms with Crippen LogP contribution in [-0.2, 0) is 0 Å². The van der Waals surface area contributed by atoms with Crippen molar-refractivity contribution in [2.75, 3.05) is 13.1 Å². The van der Waals surface area contributed by atoms with Gasteiger partial charge in [-0.15, -0.1) is 5.10 Å². The Morgan fingerprint density at radius 3 is 2.81 bits per heavy atom. The molecule has 0 bridgehead atoms. The van der Waals surface area contributed by atoms with E-state index in [-0.39, 0.29) is 23.8 Å². The lowest BCUT2D eigenvalue weighted by atomic mass is 10.2. The van der Waals surface area contributed by atoms with Crippen LogP contribution in [0.3, 0.4) is 0 Å². The van der Waals surface area contributed by atoms with Crippen molar-refractivity contribution in [2.45, 2.75) is 6.04 Å². The molecule has 0 radical (unpaired) electrons. The number of fused-ring (bicyclic) bond motifs is 2. The predicted molar refractivity (Wildman–Crippen MR) is 71.7 cm³/mol. The van der Waals surface area contributed by atoms with E-state index in [0.717, 1.165) is 5.52 Å². The van der Waals surface area contributed by atoms with Gasteiger partial charge in [0.1, 0.15) is 5.52 Å². The number of aromatic nitrogens is 3. The zero-order valence-electron chi connectivity index (χ0n) is 11.0. The van der Waals surface area contributed by atoms with E-state index in [0.29, 0.717) is 24.2 Å². The number of carbonyl (C=O) groups excluding carboxylic acids is 1. The summed E-state index contributed by atoms with van der Waals surface area (Å²) in [6.07, 6.45) is -0.885. The van der Waals surface area contributed by atoms with E-state index in [1.165, 1.54) is 4.90 Å². The van der Waals surface area contributed by atoms with E-state index in [4.69, 9.17) is 5.11 Å². The summed E-state index contributed by atoms with van der Waals surface area (Å²) < 4.78 is 0. The monoisotopic (exact) mass is 287 g/mol. The second-order valence-corrected chi connectivity index (χ2v) is 5.56. The van der Waals surface area contributed by atoms with Crippen LogP contribution in [0.25, 0.3) is 11.0 Å². The molecule has 2 aliphatic rings. The van der Waals surface area contributed by atoms with Crippen LogP contribution in [0.15, 0.2) is 18.2 Å². The number of nitrogens with one attached hydrogen (secondary N) is 2. The Balaban J connectivity index is 1.42. The molecule has 2 heterocycles. The first kappa shape index (κ1) is 12.1. The molecule has 3 N–H and O–H groups in total. The molecule has 1 aromatic heterocycles. The van der Waals surface area contributed by atoms with Gasteiger partial charge in [0.15, 0.2) is 0 Å². The molecule has 1 aromatic carbocycles. The molecular formula is C13H13N5O3. The fraction of sp³-hybridized carbons (Fsp3) is 0.385. The first-order valence-corrected chi connectivity index (χ1v) is 6.73. The third kappa shape index (κ3) is 1.91. The van der Waals surface area contributed by atoms with Crippen molar-refractivity contribution in [3.05, 3.63) is 23.8 Å². The molecule has 1 saturated carbocycles. The molecule has 21 heavy (non-hydrogen) atoms. The molecule has 4 rings (SSSR count). The van der Waals surface area contributed by atoms with E-state index < -0.39 is 6.09 Å². The number of amides is 2. The highest BCUT2D eigenvalue weighted by molar-refractivity contribution is 5.97.